The fourth-order valence-corrected chi connectivity index (χ4v) is 2.10. The number of nitrogens with zero attached hydrogens (tertiary/aromatic N) is 1. The lowest BCUT2D eigenvalue weighted by Gasteiger charge is -2.15. The zero-order valence-corrected chi connectivity index (χ0v) is 13.5. The Balaban J connectivity index is 1.72. The number of carbonyl (C=O) groups is 1. The van der Waals surface area contributed by atoms with Gasteiger partial charge >= 0.3 is 0 Å². The minimum Gasteiger partial charge on any atom is -0.489 e. The van der Waals surface area contributed by atoms with Gasteiger partial charge in [0.1, 0.15) is 11.9 Å². The minimum absolute atomic E-state index is 0.0971. The van der Waals surface area contributed by atoms with E-state index in [0.29, 0.717) is 13.1 Å². The van der Waals surface area contributed by atoms with E-state index < -0.39 is 0 Å². The number of pyridine rings is 1. The van der Waals surface area contributed by atoms with Crippen molar-refractivity contribution >= 4 is 5.91 Å². The second-order valence-electron chi connectivity index (χ2n) is 5.53. The van der Waals surface area contributed by atoms with Crippen LogP contribution in [0.25, 0.3) is 0 Å². The van der Waals surface area contributed by atoms with Gasteiger partial charge in [0.05, 0.1) is 6.54 Å². The predicted molar refractivity (Wildman–Crippen MR) is 89.6 cm³/mol. The Hall–Kier alpha value is -2.56. The number of hydrogen-bond acceptors (Lipinski definition) is 3. The molecule has 0 radical (unpaired) electrons. The first-order chi connectivity index (χ1) is 11.0. The summed E-state index contributed by atoms with van der Waals surface area (Å²) in [7, 11) is 0. The standard InChI is InChI=1S/C18H22N2O3/c1-14-6-8-16(9-7-14)23-15(2)13-19-17(21)10-12-20-11-4-3-5-18(20)22/h3-9,11,15H,10,12-13H2,1-2H3,(H,19,21)/t15-/m0/s1. The molecule has 0 aliphatic heterocycles. The summed E-state index contributed by atoms with van der Waals surface area (Å²) < 4.78 is 7.25. The van der Waals surface area contributed by atoms with E-state index in [9.17, 15) is 9.59 Å². The van der Waals surface area contributed by atoms with Crippen LogP contribution >= 0.6 is 0 Å². The number of aryl methyl sites for hydroxylation is 2. The van der Waals surface area contributed by atoms with Gasteiger partial charge in [-0.25, -0.2) is 0 Å². The monoisotopic (exact) mass is 314 g/mol. The van der Waals surface area contributed by atoms with Gasteiger partial charge in [0.2, 0.25) is 5.91 Å². The molecule has 0 fully saturated rings. The van der Waals surface area contributed by atoms with E-state index in [1.165, 1.54) is 16.2 Å². The van der Waals surface area contributed by atoms with Crippen LogP contribution in [0, 0.1) is 6.92 Å². The molecule has 5 nitrogen and oxygen atoms in total. The van der Waals surface area contributed by atoms with Gasteiger partial charge in [-0.15, -0.1) is 0 Å². The number of amides is 1. The molecule has 0 saturated heterocycles. The van der Waals surface area contributed by atoms with E-state index in [-0.39, 0.29) is 24.0 Å². The second kappa shape index (κ2) is 8.17. The zero-order chi connectivity index (χ0) is 16.7. The summed E-state index contributed by atoms with van der Waals surface area (Å²) in [6, 6.07) is 12.7. The molecule has 2 rings (SSSR count). The summed E-state index contributed by atoms with van der Waals surface area (Å²) in [5, 5.41) is 2.82. The molecule has 0 bridgehead atoms. The maximum absolute atomic E-state index is 11.8. The first-order valence-corrected chi connectivity index (χ1v) is 7.70. The van der Waals surface area contributed by atoms with Gasteiger partial charge in [0.15, 0.2) is 0 Å². The quantitative estimate of drug-likeness (QED) is 0.851. The molecular formula is C18H22N2O3. The first kappa shape index (κ1) is 16.8. The lowest BCUT2D eigenvalue weighted by molar-refractivity contribution is -0.121. The highest BCUT2D eigenvalue weighted by atomic mass is 16.5. The van der Waals surface area contributed by atoms with Gasteiger partial charge in [0.25, 0.3) is 5.56 Å². The Morgan fingerprint density at radius 3 is 2.65 bits per heavy atom. The molecule has 0 spiro atoms. The van der Waals surface area contributed by atoms with Crippen LogP contribution in [-0.2, 0) is 11.3 Å². The van der Waals surface area contributed by atoms with Gasteiger partial charge in [-0.2, -0.15) is 0 Å². The molecular weight excluding hydrogens is 292 g/mol. The van der Waals surface area contributed by atoms with Crippen LogP contribution in [0.1, 0.15) is 18.9 Å². The van der Waals surface area contributed by atoms with Crippen molar-refractivity contribution < 1.29 is 9.53 Å². The molecule has 0 unspecified atom stereocenters. The van der Waals surface area contributed by atoms with Crippen molar-refractivity contribution in [1.82, 2.24) is 9.88 Å². The lowest BCUT2D eigenvalue weighted by Crippen LogP contribution is -2.34. The third-order valence-corrected chi connectivity index (χ3v) is 3.42. The van der Waals surface area contributed by atoms with E-state index in [1.807, 2.05) is 38.1 Å². The summed E-state index contributed by atoms with van der Waals surface area (Å²) in [5.41, 5.74) is 1.07. The summed E-state index contributed by atoms with van der Waals surface area (Å²) in [6.45, 7) is 4.72. The van der Waals surface area contributed by atoms with Gasteiger partial charge in [-0.1, -0.05) is 23.8 Å². The minimum atomic E-state index is -0.124. The predicted octanol–water partition coefficient (Wildman–Crippen LogP) is 2.13. The third kappa shape index (κ3) is 5.62. The summed E-state index contributed by atoms with van der Waals surface area (Å²) in [5.74, 6) is 0.688. The number of aromatic nitrogens is 1. The van der Waals surface area contributed by atoms with E-state index in [1.54, 1.807) is 18.3 Å². The van der Waals surface area contributed by atoms with Gasteiger partial charge in [-0.05, 0) is 32.0 Å². The maximum atomic E-state index is 11.8. The summed E-state index contributed by atoms with van der Waals surface area (Å²) >= 11 is 0. The lowest BCUT2D eigenvalue weighted by atomic mass is 10.2. The molecule has 1 aromatic heterocycles. The smallest absolute Gasteiger partial charge is 0.250 e. The second-order valence-corrected chi connectivity index (χ2v) is 5.53. The molecule has 5 heteroatoms. The molecule has 1 heterocycles. The van der Waals surface area contributed by atoms with Crippen LogP contribution in [0.4, 0.5) is 0 Å². The molecule has 1 amide bonds. The number of nitrogens with one attached hydrogen (secondary N) is 1. The Bertz CT molecular complexity index is 692. The van der Waals surface area contributed by atoms with Crippen molar-refractivity contribution in [1.29, 1.82) is 0 Å². The molecule has 0 aliphatic rings. The molecule has 1 aromatic carbocycles. The highest BCUT2D eigenvalue weighted by Crippen LogP contribution is 2.12. The Kier molecular flexibility index (Phi) is 5.97. The maximum Gasteiger partial charge on any atom is 0.250 e. The molecule has 0 saturated carbocycles. The largest absolute Gasteiger partial charge is 0.489 e. The Morgan fingerprint density at radius 2 is 1.96 bits per heavy atom. The molecule has 122 valence electrons. The van der Waals surface area contributed by atoms with Gasteiger partial charge < -0.3 is 14.6 Å². The van der Waals surface area contributed by atoms with Crippen molar-refractivity contribution in [2.45, 2.75) is 32.9 Å². The van der Waals surface area contributed by atoms with Crippen molar-refractivity contribution in [2.75, 3.05) is 6.54 Å². The number of rotatable bonds is 7. The third-order valence-electron chi connectivity index (χ3n) is 3.42. The van der Waals surface area contributed by atoms with Gasteiger partial charge in [-0.3, -0.25) is 9.59 Å². The van der Waals surface area contributed by atoms with Crippen molar-refractivity contribution in [3.8, 4) is 5.75 Å². The number of benzene rings is 1. The first-order valence-electron chi connectivity index (χ1n) is 7.70. The van der Waals surface area contributed by atoms with Crippen LogP contribution < -0.4 is 15.6 Å². The Morgan fingerprint density at radius 1 is 1.22 bits per heavy atom. The highest BCUT2D eigenvalue weighted by Gasteiger charge is 2.07. The fourth-order valence-electron chi connectivity index (χ4n) is 2.10. The molecule has 1 atom stereocenters. The van der Waals surface area contributed by atoms with Crippen LogP contribution in [-0.4, -0.2) is 23.1 Å². The number of carbonyl (C=O) groups excluding carboxylic acids is 1. The normalized spacial score (nSPS) is 11.7. The molecule has 0 aliphatic carbocycles. The van der Waals surface area contributed by atoms with E-state index >= 15 is 0 Å². The van der Waals surface area contributed by atoms with Crippen molar-refractivity contribution in [2.24, 2.45) is 0 Å². The Labute approximate surface area is 135 Å². The summed E-state index contributed by atoms with van der Waals surface area (Å²) in [4.78, 5) is 23.4. The fraction of sp³-hybridized carbons (Fsp3) is 0.333. The van der Waals surface area contributed by atoms with Crippen LogP contribution in [0.15, 0.2) is 53.5 Å². The van der Waals surface area contributed by atoms with Crippen molar-refractivity contribution in [3.63, 3.8) is 0 Å². The van der Waals surface area contributed by atoms with Crippen molar-refractivity contribution in [3.05, 3.63) is 64.6 Å². The number of ether oxygens (including phenoxy) is 1. The molecule has 23 heavy (non-hydrogen) atoms. The molecule has 1 N–H and O–H groups in total. The highest BCUT2D eigenvalue weighted by molar-refractivity contribution is 5.75. The van der Waals surface area contributed by atoms with Crippen LogP contribution in [0.2, 0.25) is 0 Å². The average molecular weight is 314 g/mol. The van der Waals surface area contributed by atoms with Crippen LogP contribution in [0.3, 0.4) is 0 Å². The SMILES string of the molecule is Cc1ccc(O[C@@H](C)CNC(=O)CCn2ccccc2=O)cc1. The van der Waals surface area contributed by atoms with E-state index in [2.05, 4.69) is 5.32 Å². The zero-order valence-electron chi connectivity index (χ0n) is 13.5. The number of hydrogen-bond donors (Lipinski definition) is 1. The molecule has 2 aromatic rings. The average Bonchev–Trinajstić information content (AvgIpc) is 2.54. The van der Waals surface area contributed by atoms with Gasteiger partial charge in [0, 0.05) is 25.2 Å². The van der Waals surface area contributed by atoms with E-state index in [0.717, 1.165) is 5.75 Å². The van der Waals surface area contributed by atoms with Crippen LogP contribution in [0.5, 0.6) is 5.75 Å². The topological polar surface area (TPSA) is 60.3 Å². The van der Waals surface area contributed by atoms with E-state index in [4.69, 9.17) is 4.74 Å². The summed E-state index contributed by atoms with van der Waals surface area (Å²) in [6.07, 6.45) is 1.82.